The Kier molecular flexibility index (Phi) is 4.38. The second-order valence-corrected chi connectivity index (χ2v) is 7.22. The molecule has 0 bridgehead atoms. The van der Waals surface area contributed by atoms with Crippen LogP contribution in [0.2, 0.25) is 0 Å². The molecule has 2 aliphatic rings. The molecular formula is C19H17N3O3S. The van der Waals surface area contributed by atoms with Gasteiger partial charge in [-0.3, -0.25) is 19.3 Å². The highest BCUT2D eigenvalue weighted by atomic mass is 32.2. The predicted octanol–water partition coefficient (Wildman–Crippen LogP) is 2.64. The molecule has 0 unspecified atom stereocenters. The molecule has 3 heterocycles. The molecule has 1 N–H and O–H groups in total. The highest BCUT2D eigenvalue weighted by molar-refractivity contribution is 8.18. The number of nitrogens with zero attached hydrogens (tertiary/aromatic N) is 2. The summed E-state index contributed by atoms with van der Waals surface area (Å²) in [6.07, 6.45) is 4.16. The van der Waals surface area contributed by atoms with Gasteiger partial charge >= 0.3 is 0 Å². The van der Waals surface area contributed by atoms with Gasteiger partial charge in [-0.15, -0.1) is 0 Å². The van der Waals surface area contributed by atoms with Gasteiger partial charge in [0.25, 0.3) is 11.1 Å². The van der Waals surface area contributed by atoms with Crippen LogP contribution in [0.5, 0.6) is 0 Å². The van der Waals surface area contributed by atoms with Crippen molar-refractivity contribution >= 4 is 34.9 Å². The predicted molar refractivity (Wildman–Crippen MR) is 99.0 cm³/mol. The van der Waals surface area contributed by atoms with Gasteiger partial charge in [-0.1, -0.05) is 24.3 Å². The van der Waals surface area contributed by atoms with Gasteiger partial charge < -0.3 is 9.88 Å². The van der Waals surface area contributed by atoms with E-state index in [-0.39, 0.29) is 12.5 Å². The van der Waals surface area contributed by atoms with Crippen molar-refractivity contribution in [2.24, 2.45) is 0 Å². The Balaban J connectivity index is 1.45. The zero-order valence-electron chi connectivity index (χ0n) is 14.0. The van der Waals surface area contributed by atoms with Crippen LogP contribution in [0, 0.1) is 0 Å². The Morgan fingerprint density at radius 2 is 1.96 bits per heavy atom. The number of fused-ring (bicyclic) bond motifs is 1. The Labute approximate surface area is 154 Å². The number of benzene rings is 1. The first-order chi connectivity index (χ1) is 12.6. The number of nitrogens with one attached hydrogen (secondary N) is 1. The summed E-state index contributed by atoms with van der Waals surface area (Å²) in [6, 6.07) is 11.6. The lowest BCUT2D eigenvalue weighted by Crippen LogP contribution is -2.44. The molecule has 3 amide bonds. The molecular weight excluding hydrogens is 350 g/mol. The van der Waals surface area contributed by atoms with Crippen LogP contribution in [0.25, 0.3) is 6.08 Å². The molecule has 4 rings (SSSR count). The smallest absolute Gasteiger partial charge is 0.294 e. The topological polar surface area (TPSA) is 73.5 Å². The number of hydrogen-bond donors (Lipinski definition) is 1. The summed E-state index contributed by atoms with van der Waals surface area (Å²) in [7, 11) is 0. The van der Waals surface area contributed by atoms with E-state index in [9.17, 15) is 14.4 Å². The molecule has 26 heavy (non-hydrogen) atoms. The van der Waals surface area contributed by atoms with Gasteiger partial charge in [0, 0.05) is 25.0 Å². The number of aromatic nitrogens is 1. The van der Waals surface area contributed by atoms with Crippen molar-refractivity contribution < 1.29 is 14.4 Å². The van der Waals surface area contributed by atoms with Crippen LogP contribution in [0.15, 0.2) is 47.5 Å². The Hall–Kier alpha value is -2.80. The van der Waals surface area contributed by atoms with Crippen LogP contribution in [-0.2, 0) is 22.6 Å². The molecule has 2 aromatic rings. The van der Waals surface area contributed by atoms with Crippen LogP contribution in [0.1, 0.15) is 16.8 Å². The first-order valence-corrected chi connectivity index (χ1v) is 9.17. The Morgan fingerprint density at radius 3 is 2.73 bits per heavy atom. The lowest BCUT2D eigenvalue weighted by atomic mass is 10.00. The van der Waals surface area contributed by atoms with Crippen LogP contribution in [0.4, 0.5) is 4.79 Å². The summed E-state index contributed by atoms with van der Waals surface area (Å²) in [5.74, 6) is -0.622. The third kappa shape index (κ3) is 3.17. The molecule has 1 saturated heterocycles. The van der Waals surface area contributed by atoms with Gasteiger partial charge in [-0.2, -0.15) is 0 Å². The molecule has 1 aromatic carbocycles. The van der Waals surface area contributed by atoms with Crippen molar-refractivity contribution in [3.8, 4) is 0 Å². The minimum Gasteiger partial charge on any atom is -0.362 e. The SMILES string of the molecule is O=C(CN1C(=O)S/C(=C/c2ccc[nH]2)C1=O)N1CCc2ccccc2C1. The fourth-order valence-electron chi connectivity index (χ4n) is 3.16. The van der Waals surface area contributed by atoms with E-state index < -0.39 is 11.1 Å². The van der Waals surface area contributed by atoms with Crippen LogP contribution in [0.3, 0.4) is 0 Å². The maximum Gasteiger partial charge on any atom is 0.294 e. The zero-order chi connectivity index (χ0) is 18.1. The third-order valence-electron chi connectivity index (χ3n) is 4.56. The quantitative estimate of drug-likeness (QED) is 0.847. The molecule has 1 aromatic heterocycles. The molecule has 2 aliphatic heterocycles. The van der Waals surface area contributed by atoms with Gasteiger partial charge in [-0.25, -0.2) is 0 Å². The van der Waals surface area contributed by atoms with Gasteiger partial charge in [0.05, 0.1) is 4.91 Å². The van der Waals surface area contributed by atoms with Gasteiger partial charge in [-0.05, 0) is 47.5 Å². The summed E-state index contributed by atoms with van der Waals surface area (Å²) in [5.41, 5.74) is 3.11. The molecule has 6 nitrogen and oxygen atoms in total. The van der Waals surface area contributed by atoms with Crippen LogP contribution < -0.4 is 0 Å². The fourth-order valence-corrected chi connectivity index (χ4v) is 3.98. The minimum absolute atomic E-state index is 0.206. The number of imide groups is 1. The zero-order valence-corrected chi connectivity index (χ0v) is 14.8. The van der Waals surface area contributed by atoms with Crippen LogP contribution >= 0.6 is 11.8 Å². The lowest BCUT2D eigenvalue weighted by Gasteiger charge is -2.29. The number of rotatable bonds is 3. The molecule has 0 spiro atoms. The number of H-pyrrole nitrogens is 1. The van der Waals surface area contributed by atoms with E-state index in [1.165, 1.54) is 5.56 Å². The number of aromatic amines is 1. The van der Waals surface area contributed by atoms with E-state index in [1.807, 2.05) is 30.3 Å². The third-order valence-corrected chi connectivity index (χ3v) is 5.47. The van der Waals surface area contributed by atoms with Crippen molar-refractivity contribution in [2.45, 2.75) is 13.0 Å². The van der Waals surface area contributed by atoms with Crippen LogP contribution in [-0.4, -0.2) is 44.9 Å². The van der Waals surface area contributed by atoms with E-state index in [1.54, 1.807) is 17.2 Å². The monoisotopic (exact) mass is 367 g/mol. The highest BCUT2D eigenvalue weighted by Crippen LogP contribution is 2.32. The lowest BCUT2D eigenvalue weighted by molar-refractivity contribution is -0.136. The Morgan fingerprint density at radius 1 is 1.15 bits per heavy atom. The molecule has 132 valence electrons. The molecule has 0 saturated carbocycles. The maximum absolute atomic E-state index is 12.6. The fraction of sp³-hybridized carbons (Fsp3) is 0.211. The van der Waals surface area contributed by atoms with Gasteiger partial charge in [0.1, 0.15) is 6.54 Å². The summed E-state index contributed by atoms with van der Waals surface area (Å²) >= 11 is 0.865. The summed E-state index contributed by atoms with van der Waals surface area (Å²) in [4.78, 5) is 43.3. The highest BCUT2D eigenvalue weighted by Gasteiger charge is 2.37. The number of carbonyl (C=O) groups is 3. The maximum atomic E-state index is 12.6. The van der Waals surface area contributed by atoms with E-state index in [0.29, 0.717) is 18.0 Å². The van der Waals surface area contributed by atoms with Crippen molar-refractivity contribution in [2.75, 3.05) is 13.1 Å². The second kappa shape index (κ2) is 6.84. The summed E-state index contributed by atoms with van der Waals surface area (Å²) in [6.45, 7) is 0.906. The van der Waals surface area contributed by atoms with Crippen molar-refractivity contribution in [1.82, 2.24) is 14.8 Å². The van der Waals surface area contributed by atoms with E-state index in [4.69, 9.17) is 0 Å². The number of carbonyl (C=O) groups excluding carboxylic acids is 3. The van der Waals surface area contributed by atoms with E-state index >= 15 is 0 Å². The average Bonchev–Trinajstić information content (AvgIpc) is 3.25. The Bertz CT molecular complexity index is 905. The van der Waals surface area contributed by atoms with Gasteiger partial charge in [0.15, 0.2) is 0 Å². The first kappa shape index (κ1) is 16.7. The normalized spacial score (nSPS) is 18.5. The molecule has 7 heteroatoms. The van der Waals surface area contributed by atoms with E-state index in [0.717, 1.165) is 34.3 Å². The van der Waals surface area contributed by atoms with E-state index in [2.05, 4.69) is 11.1 Å². The molecule has 0 radical (unpaired) electrons. The number of amides is 3. The largest absolute Gasteiger partial charge is 0.362 e. The number of thioether (sulfide) groups is 1. The summed E-state index contributed by atoms with van der Waals surface area (Å²) < 4.78 is 0. The molecule has 1 fully saturated rings. The average molecular weight is 367 g/mol. The summed E-state index contributed by atoms with van der Waals surface area (Å²) in [5, 5.41) is -0.404. The second-order valence-electron chi connectivity index (χ2n) is 6.23. The van der Waals surface area contributed by atoms with Crippen molar-refractivity contribution in [3.05, 3.63) is 64.3 Å². The minimum atomic E-state index is -0.416. The molecule has 0 atom stereocenters. The number of hydrogen-bond acceptors (Lipinski definition) is 4. The van der Waals surface area contributed by atoms with Gasteiger partial charge in [0.2, 0.25) is 5.91 Å². The van der Waals surface area contributed by atoms with Crippen molar-refractivity contribution in [1.29, 1.82) is 0 Å². The standard InChI is InChI=1S/C19H17N3O3S/c23-17(21-9-7-13-4-1-2-5-14(13)11-21)12-22-18(24)16(26-19(22)25)10-15-6-3-8-20-15/h1-6,8,10,20H,7,9,11-12H2/b16-10+. The first-order valence-electron chi connectivity index (χ1n) is 8.35. The van der Waals surface area contributed by atoms with Crippen molar-refractivity contribution in [3.63, 3.8) is 0 Å². The molecule has 0 aliphatic carbocycles.